The lowest BCUT2D eigenvalue weighted by atomic mass is 10.2. The summed E-state index contributed by atoms with van der Waals surface area (Å²) in [7, 11) is 0. The highest BCUT2D eigenvalue weighted by Gasteiger charge is 2.08. The highest BCUT2D eigenvalue weighted by atomic mass is 15.1. The Balaban J connectivity index is 2.36. The zero-order chi connectivity index (χ0) is 11.7. The van der Waals surface area contributed by atoms with Crippen molar-refractivity contribution in [2.45, 2.75) is 26.7 Å². The molecule has 2 heterocycles. The van der Waals surface area contributed by atoms with Gasteiger partial charge in [-0.05, 0) is 20.3 Å². The fourth-order valence-corrected chi connectivity index (χ4v) is 1.53. The molecule has 0 unspecified atom stereocenters. The van der Waals surface area contributed by atoms with Crippen molar-refractivity contribution in [1.29, 1.82) is 0 Å². The van der Waals surface area contributed by atoms with Crippen LogP contribution in [0.1, 0.15) is 25.0 Å². The largest absolute Gasteiger partial charge is 0.382 e. The van der Waals surface area contributed by atoms with E-state index < -0.39 is 0 Å². The summed E-state index contributed by atoms with van der Waals surface area (Å²) in [6.07, 6.45) is 1.73. The Morgan fingerprint density at radius 2 is 2.12 bits per heavy atom. The number of anilines is 1. The van der Waals surface area contributed by atoms with Gasteiger partial charge in [0.15, 0.2) is 11.5 Å². The molecule has 0 bridgehead atoms. The lowest BCUT2D eigenvalue weighted by molar-refractivity contribution is 0.880. The number of nitrogens with two attached hydrogens (primary N) is 1. The second-order valence-electron chi connectivity index (χ2n) is 4.00. The van der Waals surface area contributed by atoms with Gasteiger partial charge in [-0.3, -0.25) is 0 Å². The average Bonchev–Trinajstić information content (AvgIpc) is 2.57. The molecular weight excluding hydrogens is 202 g/mol. The third kappa shape index (κ3) is 2.03. The predicted molar refractivity (Wildman–Crippen MR) is 64.0 cm³/mol. The van der Waals surface area contributed by atoms with Crippen molar-refractivity contribution < 1.29 is 0 Å². The molecule has 2 aromatic heterocycles. The molecule has 0 radical (unpaired) electrons. The lowest BCUT2D eigenvalue weighted by Crippen LogP contribution is -1.96. The minimum absolute atomic E-state index is 0.455. The number of hydrogen-bond acceptors (Lipinski definition) is 4. The smallest absolute Gasteiger partial charge is 0.183 e. The van der Waals surface area contributed by atoms with Gasteiger partial charge in [-0.1, -0.05) is 5.57 Å². The Kier molecular flexibility index (Phi) is 2.60. The first-order valence-corrected chi connectivity index (χ1v) is 5.19. The number of imidazole rings is 1. The first-order chi connectivity index (χ1) is 7.56. The fourth-order valence-electron chi connectivity index (χ4n) is 1.53. The number of nitrogens with one attached hydrogen (secondary N) is 1. The molecule has 2 rings (SSSR count). The van der Waals surface area contributed by atoms with Gasteiger partial charge in [0.25, 0.3) is 0 Å². The highest BCUT2D eigenvalue weighted by molar-refractivity contribution is 5.81. The summed E-state index contributed by atoms with van der Waals surface area (Å²) in [6, 6.07) is 0. The first kappa shape index (κ1) is 10.6. The molecule has 0 aromatic carbocycles. The van der Waals surface area contributed by atoms with Crippen molar-refractivity contribution in [1.82, 2.24) is 19.9 Å². The number of aromatic amines is 1. The number of fused-ring (bicyclic) bond motifs is 1. The van der Waals surface area contributed by atoms with Crippen molar-refractivity contribution in [3.63, 3.8) is 0 Å². The van der Waals surface area contributed by atoms with Crippen LogP contribution in [0.25, 0.3) is 11.2 Å². The number of allylic oxidation sites excluding steroid dienone is 1. The summed E-state index contributed by atoms with van der Waals surface area (Å²) in [5, 5.41) is 0. The summed E-state index contributed by atoms with van der Waals surface area (Å²) >= 11 is 0. The van der Waals surface area contributed by atoms with E-state index >= 15 is 0 Å². The Hall–Kier alpha value is -1.91. The zero-order valence-corrected chi connectivity index (χ0v) is 9.54. The molecule has 0 aliphatic rings. The maximum atomic E-state index is 5.79. The van der Waals surface area contributed by atoms with Crippen LogP contribution in [0, 0.1) is 6.92 Å². The molecule has 0 saturated carbocycles. The Morgan fingerprint density at radius 1 is 1.38 bits per heavy atom. The van der Waals surface area contributed by atoms with Gasteiger partial charge in [0.2, 0.25) is 0 Å². The van der Waals surface area contributed by atoms with Crippen molar-refractivity contribution in [3.05, 3.63) is 23.8 Å². The number of aromatic nitrogens is 4. The summed E-state index contributed by atoms with van der Waals surface area (Å²) in [6.45, 7) is 7.67. The first-order valence-electron chi connectivity index (χ1n) is 5.19. The number of hydrogen-bond donors (Lipinski definition) is 2. The van der Waals surface area contributed by atoms with Crippen LogP contribution in [-0.2, 0) is 6.42 Å². The van der Waals surface area contributed by atoms with E-state index in [-0.39, 0.29) is 0 Å². The standard InChI is InChI=1S/C11H15N5/c1-6(2)4-5-8-15-9-10(12)13-7(3)14-11(9)16-8/h1,4-5H2,2-3H3,(H3,12,13,14,15,16). The van der Waals surface area contributed by atoms with Gasteiger partial charge in [-0.15, -0.1) is 6.58 Å². The number of H-pyrrole nitrogens is 1. The third-order valence-electron chi connectivity index (χ3n) is 2.33. The summed E-state index contributed by atoms with van der Waals surface area (Å²) in [5.41, 5.74) is 8.29. The Labute approximate surface area is 93.8 Å². The number of rotatable bonds is 3. The van der Waals surface area contributed by atoms with Crippen molar-refractivity contribution in [3.8, 4) is 0 Å². The van der Waals surface area contributed by atoms with Gasteiger partial charge in [0.05, 0.1) is 0 Å². The molecule has 0 atom stereocenters. The molecule has 0 fully saturated rings. The second kappa shape index (κ2) is 3.92. The van der Waals surface area contributed by atoms with Gasteiger partial charge in [0.1, 0.15) is 17.2 Å². The predicted octanol–water partition coefficient (Wildman–Crippen LogP) is 1.75. The Morgan fingerprint density at radius 3 is 2.81 bits per heavy atom. The zero-order valence-electron chi connectivity index (χ0n) is 9.54. The molecule has 2 aromatic rings. The molecule has 0 aliphatic heterocycles. The van der Waals surface area contributed by atoms with Crippen LogP contribution in [-0.4, -0.2) is 19.9 Å². The molecule has 0 spiro atoms. The van der Waals surface area contributed by atoms with Crippen molar-refractivity contribution in [2.24, 2.45) is 0 Å². The minimum Gasteiger partial charge on any atom is -0.382 e. The van der Waals surface area contributed by atoms with Crippen LogP contribution in [0.4, 0.5) is 5.82 Å². The normalized spacial score (nSPS) is 10.9. The van der Waals surface area contributed by atoms with E-state index in [1.54, 1.807) is 6.92 Å². The number of nitrogen functional groups attached to an aromatic ring is 1. The summed E-state index contributed by atoms with van der Waals surface area (Å²) in [5.74, 6) is 1.98. The minimum atomic E-state index is 0.455. The van der Waals surface area contributed by atoms with E-state index in [0.29, 0.717) is 17.3 Å². The molecule has 84 valence electrons. The van der Waals surface area contributed by atoms with Gasteiger partial charge >= 0.3 is 0 Å². The van der Waals surface area contributed by atoms with Crippen LogP contribution in [0.15, 0.2) is 12.2 Å². The molecular formula is C11H15N5. The molecule has 3 N–H and O–H groups in total. The van der Waals surface area contributed by atoms with Gasteiger partial charge in [0, 0.05) is 6.42 Å². The maximum absolute atomic E-state index is 5.79. The second-order valence-corrected chi connectivity index (χ2v) is 4.00. The molecule has 16 heavy (non-hydrogen) atoms. The number of aryl methyl sites for hydroxylation is 2. The van der Waals surface area contributed by atoms with Crippen LogP contribution < -0.4 is 5.73 Å². The summed E-state index contributed by atoms with van der Waals surface area (Å²) in [4.78, 5) is 15.8. The van der Waals surface area contributed by atoms with E-state index in [9.17, 15) is 0 Å². The molecule has 5 heteroatoms. The van der Waals surface area contributed by atoms with Crippen LogP contribution >= 0.6 is 0 Å². The van der Waals surface area contributed by atoms with Crippen LogP contribution in [0.2, 0.25) is 0 Å². The average molecular weight is 217 g/mol. The number of nitrogens with zero attached hydrogens (tertiary/aromatic N) is 3. The van der Waals surface area contributed by atoms with E-state index in [2.05, 4.69) is 26.5 Å². The lowest BCUT2D eigenvalue weighted by Gasteiger charge is -1.95. The van der Waals surface area contributed by atoms with Gasteiger partial charge < -0.3 is 10.7 Å². The SMILES string of the molecule is C=C(C)CCc1nc2nc(C)nc(N)c2[nH]1. The van der Waals surface area contributed by atoms with E-state index in [1.165, 1.54) is 0 Å². The van der Waals surface area contributed by atoms with Gasteiger partial charge in [-0.25, -0.2) is 15.0 Å². The molecule has 0 amide bonds. The van der Waals surface area contributed by atoms with E-state index in [4.69, 9.17) is 5.73 Å². The van der Waals surface area contributed by atoms with Crippen molar-refractivity contribution in [2.75, 3.05) is 5.73 Å². The van der Waals surface area contributed by atoms with Crippen molar-refractivity contribution >= 4 is 17.0 Å². The molecule has 5 nitrogen and oxygen atoms in total. The van der Waals surface area contributed by atoms with Gasteiger partial charge in [-0.2, -0.15) is 0 Å². The highest BCUT2D eigenvalue weighted by Crippen LogP contribution is 2.16. The van der Waals surface area contributed by atoms with Crippen LogP contribution in [0.3, 0.4) is 0 Å². The topological polar surface area (TPSA) is 80.5 Å². The fraction of sp³-hybridized carbons (Fsp3) is 0.364. The Bertz CT molecular complexity index is 541. The van der Waals surface area contributed by atoms with Crippen LogP contribution in [0.5, 0.6) is 0 Å². The van der Waals surface area contributed by atoms with E-state index in [1.807, 2.05) is 6.92 Å². The monoisotopic (exact) mass is 217 g/mol. The molecule has 0 aliphatic carbocycles. The van der Waals surface area contributed by atoms with E-state index in [0.717, 1.165) is 29.8 Å². The summed E-state index contributed by atoms with van der Waals surface area (Å²) < 4.78 is 0. The third-order valence-corrected chi connectivity index (χ3v) is 2.33. The quantitative estimate of drug-likeness (QED) is 0.767. The molecule has 0 saturated heterocycles. The maximum Gasteiger partial charge on any atom is 0.183 e.